The van der Waals surface area contributed by atoms with Crippen molar-refractivity contribution in [2.75, 3.05) is 4.90 Å². The maximum absolute atomic E-state index is 13.1. The highest BCUT2D eigenvalue weighted by Crippen LogP contribution is 2.50. The minimum absolute atomic E-state index is 0.0610. The second-order valence-electron chi connectivity index (χ2n) is 6.98. The number of amides is 1. The number of carboxylic acids is 1. The molecule has 1 aromatic heterocycles. The van der Waals surface area contributed by atoms with Crippen molar-refractivity contribution >= 4 is 34.9 Å². The number of aliphatic carboxylic acids is 1. The summed E-state index contributed by atoms with van der Waals surface area (Å²) >= 11 is 6.03. The maximum atomic E-state index is 13.1. The van der Waals surface area contributed by atoms with E-state index in [2.05, 4.69) is 0 Å². The Labute approximate surface area is 160 Å². The number of benzene rings is 1. The van der Waals surface area contributed by atoms with Crippen LogP contribution in [0.2, 0.25) is 5.02 Å². The van der Waals surface area contributed by atoms with Gasteiger partial charge in [0.25, 0.3) is 5.56 Å². The summed E-state index contributed by atoms with van der Waals surface area (Å²) in [7, 11) is 0. The zero-order chi connectivity index (χ0) is 19.9. The minimum Gasteiger partial charge on any atom is -0.506 e. The molecule has 8 heteroatoms. The van der Waals surface area contributed by atoms with E-state index in [9.17, 15) is 19.5 Å². The van der Waals surface area contributed by atoms with Gasteiger partial charge in [-0.15, -0.1) is 0 Å². The lowest BCUT2D eigenvalue weighted by atomic mass is 9.86. The molecule has 2 N–H and O–H groups in total. The van der Waals surface area contributed by atoms with Crippen molar-refractivity contribution in [1.29, 1.82) is 0 Å². The molecule has 1 aliphatic heterocycles. The van der Waals surface area contributed by atoms with E-state index in [0.717, 1.165) is 0 Å². The van der Waals surface area contributed by atoms with Crippen LogP contribution in [0.4, 0.5) is 11.4 Å². The van der Waals surface area contributed by atoms with Crippen LogP contribution in [0.25, 0.3) is 0 Å². The Morgan fingerprint density at radius 3 is 2.63 bits per heavy atom. The molecule has 0 unspecified atom stereocenters. The Bertz CT molecular complexity index is 996. The van der Waals surface area contributed by atoms with Gasteiger partial charge in [-0.2, -0.15) is 0 Å². The van der Waals surface area contributed by atoms with Crippen LogP contribution in [0.3, 0.4) is 0 Å². The van der Waals surface area contributed by atoms with Gasteiger partial charge in [-0.05, 0) is 44.0 Å². The highest BCUT2D eigenvalue weighted by Gasteiger charge is 2.47. The molecule has 0 atom stereocenters. The molecule has 7 nitrogen and oxygen atoms in total. The van der Waals surface area contributed by atoms with Crippen molar-refractivity contribution in [3.05, 3.63) is 51.4 Å². The van der Waals surface area contributed by atoms with Gasteiger partial charge in [0.05, 0.1) is 11.1 Å². The topological polar surface area (TPSA) is 99.8 Å². The van der Waals surface area contributed by atoms with Crippen molar-refractivity contribution < 1.29 is 19.8 Å². The molecule has 0 saturated heterocycles. The minimum atomic E-state index is -0.964. The predicted octanol–water partition coefficient (Wildman–Crippen LogP) is 3.03. The number of phenols is 1. The van der Waals surface area contributed by atoms with Crippen molar-refractivity contribution in [1.82, 2.24) is 4.57 Å². The molecule has 0 spiro atoms. The average Bonchev–Trinajstić information content (AvgIpc) is 2.77. The third-order valence-corrected chi connectivity index (χ3v) is 4.94. The first kappa shape index (κ1) is 19.0. The molecular formula is C19H19ClN2O5. The number of nitrogens with zero attached hydrogens (tertiary/aromatic N) is 2. The van der Waals surface area contributed by atoms with Crippen LogP contribution in [-0.4, -0.2) is 26.7 Å². The van der Waals surface area contributed by atoms with Crippen LogP contribution in [0.15, 0.2) is 35.3 Å². The Morgan fingerprint density at radius 1 is 1.26 bits per heavy atom. The summed E-state index contributed by atoms with van der Waals surface area (Å²) in [6, 6.07) is 6.06. The summed E-state index contributed by atoms with van der Waals surface area (Å²) < 4.78 is 1.36. The summed E-state index contributed by atoms with van der Waals surface area (Å²) in [6.45, 7) is 3.63. The van der Waals surface area contributed by atoms with Crippen molar-refractivity contribution in [2.24, 2.45) is 0 Å². The number of anilines is 2. The number of aromatic nitrogens is 1. The summed E-state index contributed by atoms with van der Waals surface area (Å²) in [5.41, 5.74) is -0.516. The highest BCUT2D eigenvalue weighted by molar-refractivity contribution is 6.31. The number of rotatable bonds is 5. The zero-order valence-corrected chi connectivity index (χ0v) is 15.7. The number of carboxylic acid groups (broad SMARTS) is 1. The fourth-order valence-electron chi connectivity index (χ4n) is 3.29. The fourth-order valence-corrected chi connectivity index (χ4v) is 3.51. The second kappa shape index (κ2) is 6.74. The molecule has 142 valence electrons. The molecule has 0 radical (unpaired) electrons. The summed E-state index contributed by atoms with van der Waals surface area (Å²) in [6.07, 6.45) is 1.77. The van der Waals surface area contributed by atoms with E-state index < -0.39 is 16.9 Å². The highest BCUT2D eigenvalue weighted by atomic mass is 35.5. The van der Waals surface area contributed by atoms with Crippen LogP contribution < -0.4 is 10.5 Å². The van der Waals surface area contributed by atoms with Gasteiger partial charge >= 0.3 is 5.97 Å². The molecule has 0 fully saturated rings. The first-order valence-corrected chi connectivity index (χ1v) is 8.81. The van der Waals surface area contributed by atoms with Gasteiger partial charge in [0, 0.05) is 30.3 Å². The Kier molecular flexibility index (Phi) is 4.73. The van der Waals surface area contributed by atoms with E-state index in [1.54, 1.807) is 32.2 Å². The van der Waals surface area contributed by atoms with E-state index >= 15 is 0 Å². The van der Waals surface area contributed by atoms with Gasteiger partial charge in [0.2, 0.25) is 5.91 Å². The number of carbonyl (C=O) groups excluding carboxylic acids is 1. The largest absolute Gasteiger partial charge is 0.506 e. The molecule has 1 aromatic carbocycles. The molecule has 1 aliphatic rings. The maximum Gasteiger partial charge on any atom is 0.303 e. The number of hydrogen-bond acceptors (Lipinski definition) is 4. The van der Waals surface area contributed by atoms with Crippen molar-refractivity contribution in [2.45, 2.75) is 38.6 Å². The number of phenolic OH excluding ortho intramolecular Hbond substituents is 1. The summed E-state index contributed by atoms with van der Waals surface area (Å²) in [5, 5.41) is 19.5. The van der Waals surface area contributed by atoms with Gasteiger partial charge in [0.1, 0.15) is 11.4 Å². The molecule has 0 aliphatic carbocycles. The monoisotopic (exact) mass is 390 g/mol. The molecule has 0 saturated carbocycles. The van der Waals surface area contributed by atoms with Gasteiger partial charge in [-0.1, -0.05) is 11.6 Å². The van der Waals surface area contributed by atoms with Crippen LogP contribution in [0.5, 0.6) is 5.75 Å². The van der Waals surface area contributed by atoms with Gasteiger partial charge in [0.15, 0.2) is 0 Å². The molecule has 2 heterocycles. The van der Waals surface area contributed by atoms with E-state index in [-0.39, 0.29) is 42.4 Å². The van der Waals surface area contributed by atoms with Gasteiger partial charge in [-0.3, -0.25) is 19.3 Å². The quantitative estimate of drug-likeness (QED) is 0.817. The van der Waals surface area contributed by atoms with E-state index in [4.69, 9.17) is 16.7 Å². The van der Waals surface area contributed by atoms with Crippen molar-refractivity contribution in [3.8, 4) is 5.75 Å². The molecular weight excluding hydrogens is 372 g/mol. The van der Waals surface area contributed by atoms with Crippen LogP contribution in [0.1, 0.15) is 32.3 Å². The fraction of sp³-hybridized carbons (Fsp3) is 0.316. The molecule has 0 bridgehead atoms. The van der Waals surface area contributed by atoms with Gasteiger partial charge < -0.3 is 14.8 Å². The molecule has 1 amide bonds. The third kappa shape index (κ3) is 3.19. The standard InChI is InChI=1S/C19H19ClN2O5/c1-19(2)12-9-11(20)10-14(23)16(12)22(18(19)27)13-5-3-7-21(17(13)26)8-4-6-15(24)25/h3,5,7,9-10,23H,4,6,8H2,1-2H3,(H,24,25). The van der Waals surface area contributed by atoms with Crippen LogP contribution in [0, 0.1) is 0 Å². The lowest BCUT2D eigenvalue weighted by Gasteiger charge is -2.21. The number of hydrogen-bond donors (Lipinski definition) is 2. The van der Waals surface area contributed by atoms with Crippen molar-refractivity contribution in [3.63, 3.8) is 0 Å². The molecule has 27 heavy (non-hydrogen) atoms. The summed E-state index contributed by atoms with van der Waals surface area (Å²) in [4.78, 5) is 37.9. The smallest absolute Gasteiger partial charge is 0.303 e. The number of halogens is 1. The number of aryl methyl sites for hydroxylation is 1. The second-order valence-corrected chi connectivity index (χ2v) is 7.41. The Hall–Kier alpha value is -2.80. The lowest BCUT2D eigenvalue weighted by Crippen LogP contribution is -2.37. The van der Waals surface area contributed by atoms with E-state index in [1.807, 2.05) is 0 Å². The third-order valence-electron chi connectivity index (χ3n) is 4.72. The Balaban J connectivity index is 2.09. The van der Waals surface area contributed by atoms with Gasteiger partial charge in [-0.25, -0.2) is 0 Å². The SMILES string of the molecule is CC1(C)C(=O)N(c2cccn(CCCC(=O)O)c2=O)c2c(O)cc(Cl)cc21. The first-order valence-electron chi connectivity index (χ1n) is 8.43. The predicted molar refractivity (Wildman–Crippen MR) is 101 cm³/mol. The number of carbonyl (C=O) groups is 2. The normalized spacial score (nSPS) is 15.1. The lowest BCUT2D eigenvalue weighted by molar-refractivity contribution is -0.137. The first-order chi connectivity index (χ1) is 12.6. The Morgan fingerprint density at radius 2 is 1.96 bits per heavy atom. The van der Waals surface area contributed by atoms with E-state index in [1.165, 1.54) is 21.6 Å². The van der Waals surface area contributed by atoms with E-state index in [0.29, 0.717) is 10.6 Å². The molecule has 2 aromatic rings. The summed E-state index contributed by atoms with van der Waals surface area (Å²) in [5.74, 6) is -1.47. The number of aromatic hydroxyl groups is 1. The number of pyridine rings is 1. The van der Waals surface area contributed by atoms with Crippen LogP contribution >= 0.6 is 11.6 Å². The zero-order valence-electron chi connectivity index (χ0n) is 14.9. The molecule has 3 rings (SSSR count). The average molecular weight is 391 g/mol. The number of fused-ring (bicyclic) bond motifs is 1. The van der Waals surface area contributed by atoms with Crippen LogP contribution in [-0.2, 0) is 21.5 Å².